The maximum atomic E-state index is 14.1. The lowest BCUT2D eigenvalue weighted by Gasteiger charge is -2.49. The van der Waals surface area contributed by atoms with Crippen LogP contribution in [0.2, 0.25) is 0 Å². The van der Waals surface area contributed by atoms with Gasteiger partial charge in [-0.2, -0.15) is 0 Å². The van der Waals surface area contributed by atoms with Gasteiger partial charge in [-0.1, -0.05) is 68.3 Å². The van der Waals surface area contributed by atoms with Gasteiger partial charge in [0, 0.05) is 30.5 Å². The van der Waals surface area contributed by atoms with Gasteiger partial charge in [0.25, 0.3) is 5.91 Å². The number of piperidine rings is 1. The first-order valence-electron chi connectivity index (χ1n) is 12.2. The largest absolute Gasteiger partial charge is 0.375 e. The van der Waals surface area contributed by atoms with Gasteiger partial charge in [-0.3, -0.25) is 4.79 Å². The fraction of sp³-hybridized carbons (Fsp3) is 0.519. The summed E-state index contributed by atoms with van der Waals surface area (Å²) in [5, 5.41) is 15.7. The second-order valence-electron chi connectivity index (χ2n) is 10.5. The van der Waals surface area contributed by atoms with Crippen LogP contribution >= 0.6 is 0 Å². The minimum Gasteiger partial charge on any atom is -0.375 e. The predicted molar refractivity (Wildman–Crippen MR) is 124 cm³/mol. The average Bonchev–Trinajstić information content (AvgIpc) is 3.17. The van der Waals surface area contributed by atoms with Gasteiger partial charge in [0.2, 0.25) is 0 Å². The lowest BCUT2D eigenvalue weighted by molar-refractivity contribution is -0.169. The van der Waals surface area contributed by atoms with Gasteiger partial charge in [-0.25, -0.2) is 0 Å². The zero-order valence-electron chi connectivity index (χ0n) is 18.8. The summed E-state index contributed by atoms with van der Waals surface area (Å²) >= 11 is 0. The quantitative estimate of drug-likeness (QED) is 0.694. The number of rotatable bonds is 4. The second-order valence-corrected chi connectivity index (χ2v) is 10.5. The van der Waals surface area contributed by atoms with E-state index in [1.165, 1.54) is 5.56 Å². The minimum atomic E-state index is -1.49. The molecule has 2 aliphatic heterocycles. The molecule has 3 unspecified atom stereocenters. The number of amides is 1. The normalized spacial score (nSPS) is 35.0. The number of nitrogens with two attached hydrogens (primary N) is 1. The number of carbonyl (C=O) groups is 1. The van der Waals surface area contributed by atoms with Crippen LogP contribution in [0, 0.1) is 11.8 Å². The summed E-state index contributed by atoms with van der Waals surface area (Å²) in [4.78, 5) is 16.0. The third kappa shape index (κ3) is 2.71. The van der Waals surface area contributed by atoms with Crippen molar-refractivity contribution in [2.24, 2.45) is 17.6 Å². The fourth-order valence-corrected chi connectivity index (χ4v) is 6.84. The number of aliphatic hydroxyl groups is 1. The number of carbonyl (C=O) groups excluding carboxylic acids is 1. The number of nitrogens with one attached hydrogen (secondary N) is 1. The first kappa shape index (κ1) is 20.4. The van der Waals surface area contributed by atoms with Gasteiger partial charge >= 0.3 is 0 Å². The molecule has 6 rings (SSSR count). The summed E-state index contributed by atoms with van der Waals surface area (Å²) in [6, 6.07) is 16.7. The summed E-state index contributed by atoms with van der Waals surface area (Å²) in [5.41, 5.74) is 9.08. The van der Waals surface area contributed by atoms with Crippen molar-refractivity contribution < 1.29 is 9.90 Å². The van der Waals surface area contributed by atoms with E-state index in [1.807, 2.05) is 11.0 Å². The number of hydrogen-bond acceptors (Lipinski definition) is 4. The number of benzene rings is 2. The van der Waals surface area contributed by atoms with Crippen LogP contribution in [0.5, 0.6) is 0 Å². The van der Waals surface area contributed by atoms with Crippen molar-refractivity contribution in [2.75, 3.05) is 13.1 Å². The molecule has 1 saturated heterocycles. The van der Waals surface area contributed by atoms with Gasteiger partial charge in [0.15, 0.2) is 5.60 Å². The molecule has 32 heavy (non-hydrogen) atoms. The predicted octanol–water partition coefficient (Wildman–Crippen LogP) is 3.38. The highest BCUT2D eigenvalue weighted by Crippen LogP contribution is 2.58. The Labute approximate surface area is 190 Å². The Hall–Kier alpha value is -2.21. The Kier molecular flexibility index (Phi) is 4.55. The summed E-state index contributed by atoms with van der Waals surface area (Å²) in [6.45, 7) is 3.88. The molecule has 5 atom stereocenters. The molecule has 5 heteroatoms. The Morgan fingerprint density at radius 2 is 1.84 bits per heavy atom. The molecule has 4 aliphatic rings. The van der Waals surface area contributed by atoms with Crippen LogP contribution in [0.25, 0.3) is 0 Å². The molecule has 2 aliphatic carbocycles. The molecule has 3 fully saturated rings. The van der Waals surface area contributed by atoms with Gasteiger partial charge in [0.05, 0.1) is 5.54 Å². The highest BCUT2D eigenvalue weighted by Gasteiger charge is 2.67. The van der Waals surface area contributed by atoms with Gasteiger partial charge in [-0.05, 0) is 41.9 Å². The van der Waals surface area contributed by atoms with Crippen LogP contribution in [0.3, 0.4) is 0 Å². The molecular weight excluding hydrogens is 398 g/mol. The Morgan fingerprint density at radius 1 is 1.09 bits per heavy atom. The molecule has 0 bridgehead atoms. The van der Waals surface area contributed by atoms with Gasteiger partial charge in [0.1, 0.15) is 6.17 Å². The van der Waals surface area contributed by atoms with Crippen molar-refractivity contribution in [1.29, 1.82) is 0 Å². The Bertz CT molecular complexity index is 1050. The number of fused-ring (bicyclic) bond motifs is 2. The van der Waals surface area contributed by atoms with E-state index in [-0.39, 0.29) is 23.3 Å². The van der Waals surface area contributed by atoms with Crippen LogP contribution in [-0.2, 0) is 10.4 Å². The van der Waals surface area contributed by atoms with Gasteiger partial charge < -0.3 is 21.1 Å². The third-order valence-corrected chi connectivity index (χ3v) is 8.88. The summed E-state index contributed by atoms with van der Waals surface area (Å²) in [6.07, 6.45) is 4.38. The molecule has 2 heterocycles. The van der Waals surface area contributed by atoms with E-state index in [4.69, 9.17) is 5.73 Å². The second kappa shape index (κ2) is 7.14. The van der Waals surface area contributed by atoms with Crippen LogP contribution in [0.15, 0.2) is 48.5 Å². The van der Waals surface area contributed by atoms with E-state index in [0.717, 1.165) is 61.9 Å². The molecule has 4 N–H and O–H groups in total. The summed E-state index contributed by atoms with van der Waals surface area (Å²) < 4.78 is 0. The SMILES string of the molecule is CC(c1ccccc1)c1ccc2c(c1)[C@@](O)(C1CCCC1)C(=O)N(C13CNC[C@@H]1C3)C2N. The molecule has 2 aromatic carbocycles. The standard InChI is InChI=1S/C27H33N3O2/c1-17(18-7-3-2-4-8-18)19-11-12-22-23(13-19)27(32,20-9-5-6-10-20)25(31)30(24(22)28)26-14-21(26)15-29-16-26/h2-4,7-8,11-13,17,20-21,24,29,32H,5-6,9-10,14-16,28H2,1H3/t17?,21-,24?,26?,27-/m0/s1. The first-order valence-corrected chi connectivity index (χ1v) is 12.2. The van der Waals surface area contributed by atoms with Gasteiger partial charge in [-0.15, -0.1) is 0 Å². The highest BCUT2D eigenvalue weighted by atomic mass is 16.3. The molecule has 0 spiro atoms. The fourth-order valence-electron chi connectivity index (χ4n) is 6.84. The van der Waals surface area contributed by atoms with E-state index in [9.17, 15) is 9.90 Å². The van der Waals surface area contributed by atoms with Crippen LogP contribution in [0.4, 0.5) is 0 Å². The Balaban J connectivity index is 1.48. The van der Waals surface area contributed by atoms with Crippen LogP contribution in [0.1, 0.15) is 73.4 Å². The molecule has 2 saturated carbocycles. The van der Waals surface area contributed by atoms with Crippen molar-refractivity contribution >= 4 is 5.91 Å². The van der Waals surface area contributed by atoms with Crippen molar-refractivity contribution in [3.8, 4) is 0 Å². The monoisotopic (exact) mass is 431 g/mol. The molecule has 0 radical (unpaired) electrons. The zero-order chi connectivity index (χ0) is 22.1. The highest BCUT2D eigenvalue weighted by molar-refractivity contribution is 5.91. The zero-order valence-corrected chi connectivity index (χ0v) is 18.8. The summed E-state index contributed by atoms with van der Waals surface area (Å²) in [5.74, 6) is 0.405. The number of hydrogen-bond donors (Lipinski definition) is 3. The summed E-state index contributed by atoms with van der Waals surface area (Å²) in [7, 11) is 0. The maximum Gasteiger partial charge on any atom is 0.261 e. The van der Waals surface area contributed by atoms with E-state index in [2.05, 4.69) is 54.7 Å². The topological polar surface area (TPSA) is 78.6 Å². The van der Waals surface area contributed by atoms with E-state index < -0.39 is 11.8 Å². The lowest BCUT2D eigenvalue weighted by atomic mass is 9.72. The molecular formula is C27H33N3O2. The van der Waals surface area contributed by atoms with Crippen molar-refractivity contribution in [3.05, 3.63) is 70.8 Å². The minimum absolute atomic E-state index is 0.0472. The number of nitrogens with zero attached hydrogens (tertiary/aromatic N) is 1. The third-order valence-electron chi connectivity index (χ3n) is 8.88. The smallest absolute Gasteiger partial charge is 0.261 e. The molecule has 168 valence electrons. The lowest BCUT2D eigenvalue weighted by Crippen LogP contribution is -2.62. The van der Waals surface area contributed by atoms with E-state index in [1.54, 1.807) is 0 Å². The molecule has 5 nitrogen and oxygen atoms in total. The van der Waals surface area contributed by atoms with Crippen LogP contribution in [-0.4, -0.2) is 34.5 Å². The maximum absolute atomic E-state index is 14.1. The Morgan fingerprint density at radius 3 is 2.50 bits per heavy atom. The first-order chi connectivity index (χ1) is 15.5. The molecule has 0 aromatic heterocycles. The van der Waals surface area contributed by atoms with E-state index in [0.29, 0.717) is 5.92 Å². The average molecular weight is 432 g/mol. The van der Waals surface area contributed by atoms with Crippen molar-refractivity contribution in [1.82, 2.24) is 10.2 Å². The molecule has 2 aromatic rings. The van der Waals surface area contributed by atoms with Crippen molar-refractivity contribution in [3.63, 3.8) is 0 Å². The van der Waals surface area contributed by atoms with Crippen LogP contribution < -0.4 is 11.1 Å². The van der Waals surface area contributed by atoms with Crippen molar-refractivity contribution in [2.45, 2.75) is 62.3 Å². The molecule has 1 amide bonds. The van der Waals surface area contributed by atoms with E-state index >= 15 is 0 Å².